The maximum absolute atomic E-state index is 11.7. The summed E-state index contributed by atoms with van der Waals surface area (Å²) in [5, 5.41) is 13.2. The van der Waals surface area contributed by atoms with E-state index in [1.165, 1.54) is 12.3 Å². The van der Waals surface area contributed by atoms with Crippen LogP contribution >= 0.6 is 0 Å². The van der Waals surface area contributed by atoms with E-state index in [4.69, 9.17) is 5.73 Å². The van der Waals surface area contributed by atoms with Gasteiger partial charge in [-0.25, -0.2) is 0 Å². The molecule has 0 aliphatic carbocycles. The Morgan fingerprint density at radius 3 is 2.71 bits per heavy atom. The summed E-state index contributed by atoms with van der Waals surface area (Å²) in [5.41, 5.74) is 5.55. The van der Waals surface area contributed by atoms with Gasteiger partial charge in [-0.05, 0) is 5.92 Å². The molecule has 0 aromatic carbocycles. The van der Waals surface area contributed by atoms with E-state index in [2.05, 4.69) is 10.3 Å². The Hall–Kier alpha value is -1.89. The van der Waals surface area contributed by atoms with Crippen LogP contribution in [0.25, 0.3) is 0 Å². The molecule has 4 N–H and O–H groups in total. The molecular formula is C10H16N4O3. The van der Waals surface area contributed by atoms with Gasteiger partial charge in [-0.3, -0.25) is 14.9 Å². The first-order valence-corrected chi connectivity index (χ1v) is 5.29. The molecule has 94 valence electrons. The zero-order chi connectivity index (χ0) is 13.0. The van der Waals surface area contributed by atoms with Crippen LogP contribution in [0.5, 0.6) is 0 Å². The Labute approximate surface area is 98.5 Å². The Bertz CT molecular complexity index is 413. The van der Waals surface area contributed by atoms with Gasteiger partial charge < -0.3 is 16.0 Å². The Morgan fingerprint density at radius 2 is 2.29 bits per heavy atom. The molecule has 17 heavy (non-hydrogen) atoms. The lowest BCUT2D eigenvalue weighted by Gasteiger charge is -2.19. The largest absolute Gasteiger partial charge is 0.351 e. The molecule has 1 aromatic heterocycles. The lowest BCUT2D eigenvalue weighted by atomic mass is 10.0. The summed E-state index contributed by atoms with van der Waals surface area (Å²) in [6.07, 6.45) is 1.18. The van der Waals surface area contributed by atoms with E-state index >= 15 is 0 Å². The number of carbonyl (C=O) groups excluding carboxylic acids is 1. The zero-order valence-corrected chi connectivity index (χ0v) is 9.77. The molecule has 0 bridgehead atoms. The Balaban J connectivity index is 2.72. The first kappa shape index (κ1) is 13.2. The number of nitrogens with zero attached hydrogens (tertiary/aromatic N) is 1. The number of nitrogens with one attached hydrogen (secondary N) is 2. The monoisotopic (exact) mass is 240 g/mol. The van der Waals surface area contributed by atoms with Gasteiger partial charge in [0, 0.05) is 18.7 Å². The Morgan fingerprint density at radius 1 is 1.65 bits per heavy atom. The maximum atomic E-state index is 11.7. The smallest absolute Gasteiger partial charge is 0.287 e. The summed E-state index contributed by atoms with van der Waals surface area (Å²) in [7, 11) is 0. The predicted molar refractivity (Wildman–Crippen MR) is 62.6 cm³/mol. The molecule has 1 amide bonds. The van der Waals surface area contributed by atoms with Crippen molar-refractivity contribution in [3.63, 3.8) is 0 Å². The van der Waals surface area contributed by atoms with E-state index in [0.29, 0.717) is 6.54 Å². The van der Waals surface area contributed by atoms with Crippen molar-refractivity contribution < 1.29 is 9.72 Å². The highest BCUT2D eigenvalue weighted by Gasteiger charge is 2.18. The molecule has 0 spiro atoms. The van der Waals surface area contributed by atoms with Gasteiger partial charge in [-0.15, -0.1) is 0 Å². The third kappa shape index (κ3) is 3.28. The molecule has 1 rings (SSSR count). The SMILES string of the molecule is CC(C)C(CN)NC(=O)c1cc([N+](=O)[O-])c[nH]1. The molecule has 7 heteroatoms. The highest BCUT2D eigenvalue weighted by atomic mass is 16.6. The number of H-pyrrole nitrogens is 1. The molecule has 0 fully saturated rings. The van der Waals surface area contributed by atoms with E-state index < -0.39 is 4.92 Å². The number of hydrogen-bond donors (Lipinski definition) is 3. The quantitative estimate of drug-likeness (QED) is 0.517. The average molecular weight is 240 g/mol. The fourth-order valence-corrected chi connectivity index (χ4v) is 1.36. The number of nitro groups is 1. The number of nitrogens with two attached hydrogens (primary N) is 1. The van der Waals surface area contributed by atoms with Crippen LogP contribution in [0.4, 0.5) is 5.69 Å². The third-order valence-electron chi connectivity index (χ3n) is 2.50. The van der Waals surface area contributed by atoms with Gasteiger partial charge in [0.2, 0.25) is 0 Å². The summed E-state index contributed by atoms with van der Waals surface area (Å²) in [6.45, 7) is 4.20. The molecule has 0 radical (unpaired) electrons. The van der Waals surface area contributed by atoms with Gasteiger partial charge in [0.15, 0.2) is 0 Å². The van der Waals surface area contributed by atoms with E-state index in [1.54, 1.807) is 0 Å². The van der Waals surface area contributed by atoms with Crippen molar-refractivity contribution in [3.05, 3.63) is 28.1 Å². The van der Waals surface area contributed by atoms with Crippen molar-refractivity contribution in [2.24, 2.45) is 11.7 Å². The second kappa shape index (κ2) is 5.44. The Kier molecular flexibility index (Phi) is 4.22. The summed E-state index contributed by atoms with van der Waals surface area (Å²) in [4.78, 5) is 24.2. The van der Waals surface area contributed by atoms with Crippen molar-refractivity contribution in [2.45, 2.75) is 19.9 Å². The van der Waals surface area contributed by atoms with E-state index in [0.717, 1.165) is 0 Å². The first-order chi connectivity index (χ1) is 7.95. The highest BCUT2D eigenvalue weighted by molar-refractivity contribution is 5.93. The molecule has 7 nitrogen and oxygen atoms in total. The van der Waals surface area contributed by atoms with Crippen LogP contribution < -0.4 is 11.1 Å². The summed E-state index contributed by atoms with van der Waals surface area (Å²) < 4.78 is 0. The second-order valence-corrected chi connectivity index (χ2v) is 4.09. The predicted octanol–water partition coefficient (Wildman–Crippen LogP) is 0.636. The molecule has 0 saturated carbocycles. The van der Waals surface area contributed by atoms with Gasteiger partial charge in [0.25, 0.3) is 11.6 Å². The molecule has 1 aromatic rings. The van der Waals surface area contributed by atoms with Crippen LogP contribution in [0.2, 0.25) is 0 Å². The molecule has 0 aliphatic rings. The van der Waals surface area contributed by atoms with Crippen molar-refractivity contribution in [2.75, 3.05) is 6.54 Å². The number of aromatic amines is 1. The van der Waals surface area contributed by atoms with Crippen LogP contribution in [-0.2, 0) is 0 Å². The minimum atomic E-state index is -0.559. The number of hydrogen-bond acceptors (Lipinski definition) is 4. The van der Waals surface area contributed by atoms with Crippen molar-refractivity contribution in [1.82, 2.24) is 10.3 Å². The second-order valence-electron chi connectivity index (χ2n) is 4.09. The zero-order valence-electron chi connectivity index (χ0n) is 9.77. The van der Waals surface area contributed by atoms with Crippen molar-refractivity contribution in [3.8, 4) is 0 Å². The summed E-state index contributed by atoms with van der Waals surface area (Å²) >= 11 is 0. The summed E-state index contributed by atoms with van der Waals surface area (Å²) in [6, 6.07) is 1.05. The molecule has 1 atom stereocenters. The topological polar surface area (TPSA) is 114 Å². The van der Waals surface area contributed by atoms with Crippen LogP contribution in [-0.4, -0.2) is 28.4 Å². The minimum absolute atomic E-state index is 0.135. The lowest BCUT2D eigenvalue weighted by molar-refractivity contribution is -0.384. The number of rotatable bonds is 5. The van der Waals surface area contributed by atoms with Crippen molar-refractivity contribution >= 4 is 11.6 Å². The normalized spacial score (nSPS) is 12.5. The lowest BCUT2D eigenvalue weighted by Crippen LogP contribution is -2.43. The molecular weight excluding hydrogens is 224 g/mol. The molecule has 0 saturated heterocycles. The van der Waals surface area contributed by atoms with E-state index in [1.807, 2.05) is 13.8 Å². The summed E-state index contributed by atoms with van der Waals surface area (Å²) in [5.74, 6) is -0.184. The van der Waals surface area contributed by atoms with E-state index in [-0.39, 0.29) is 29.2 Å². The average Bonchev–Trinajstić information content (AvgIpc) is 2.74. The number of carbonyl (C=O) groups is 1. The van der Waals surface area contributed by atoms with Gasteiger partial charge >= 0.3 is 0 Å². The van der Waals surface area contributed by atoms with E-state index in [9.17, 15) is 14.9 Å². The van der Waals surface area contributed by atoms with Gasteiger partial charge in [0.05, 0.1) is 11.1 Å². The van der Waals surface area contributed by atoms with Gasteiger partial charge in [0.1, 0.15) is 5.69 Å². The maximum Gasteiger partial charge on any atom is 0.287 e. The first-order valence-electron chi connectivity index (χ1n) is 5.29. The van der Waals surface area contributed by atoms with Crippen LogP contribution in [0, 0.1) is 16.0 Å². The minimum Gasteiger partial charge on any atom is -0.351 e. The van der Waals surface area contributed by atoms with Gasteiger partial charge in [-0.2, -0.15) is 0 Å². The van der Waals surface area contributed by atoms with Crippen LogP contribution in [0.3, 0.4) is 0 Å². The fraction of sp³-hybridized carbons (Fsp3) is 0.500. The number of amides is 1. The number of aromatic nitrogens is 1. The van der Waals surface area contributed by atoms with Crippen molar-refractivity contribution in [1.29, 1.82) is 0 Å². The molecule has 0 aliphatic heterocycles. The van der Waals surface area contributed by atoms with Crippen LogP contribution in [0.15, 0.2) is 12.3 Å². The van der Waals surface area contributed by atoms with Crippen LogP contribution in [0.1, 0.15) is 24.3 Å². The molecule has 1 unspecified atom stereocenters. The van der Waals surface area contributed by atoms with Gasteiger partial charge in [-0.1, -0.05) is 13.8 Å². The fourth-order valence-electron chi connectivity index (χ4n) is 1.36. The highest BCUT2D eigenvalue weighted by Crippen LogP contribution is 2.12. The third-order valence-corrected chi connectivity index (χ3v) is 2.50. The standard InChI is InChI=1S/C10H16N4O3/c1-6(2)9(4-11)13-10(15)8-3-7(5-12-8)14(16)17/h3,5-6,9,12H,4,11H2,1-2H3,(H,13,15). The molecule has 1 heterocycles.